The van der Waals surface area contributed by atoms with Crippen molar-refractivity contribution in [2.75, 3.05) is 7.11 Å². The molecular weight excluding hydrogens is 500 g/mol. The van der Waals surface area contributed by atoms with Crippen LogP contribution in [0.15, 0.2) is 101 Å². The van der Waals surface area contributed by atoms with Gasteiger partial charge in [-0.15, -0.1) is 0 Å². The number of fused-ring (bicyclic) bond motifs is 1. The average molecular weight is 551 g/mol. The summed E-state index contributed by atoms with van der Waals surface area (Å²) in [5.74, 6) is 2.69. The molecule has 0 unspecified atom stereocenters. The molecule has 0 saturated heterocycles. The minimum Gasteiger partial charge on any atom is -0.496 e. The van der Waals surface area contributed by atoms with E-state index in [0.717, 1.165) is 78.5 Å². The van der Waals surface area contributed by atoms with Gasteiger partial charge in [-0.05, 0) is 104 Å². The van der Waals surface area contributed by atoms with Crippen LogP contribution in [0.3, 0.4) is 0 Å². The lowest BCUT2D eigenvalue weighted by molar-refractivity contribution is 0.413. The summed E-state index contributed by atoms with van der Waals surface area (Å²) in [5, 5.41) is 2.16. The summed E-state index contributed by atoms with van der Waals surface area (Å²) in [6.07, 6.45) is 18.3. The predicted molar refractivity (Wildman–Crippen MR) is 178 cm³/mol. The third kappa shape index (κ3) is 9.81. The van der Waals surface area contributed by atoms with E-state index in [0.29, 0.717) is 0 Å². The summed E-state index contributed by atoms with van der Waals surface area (Å²) in [6, 6.07) is 18.4. The van der Waals surface area contributed by atoms with E-state index < -0.39 is 0 Å². The van der Waals surface area contributed by atoms with Gasteiger partial charge in [0, 0.05) is 16.3 Å². The number of hydrogen-bond donors (Lipinski definition) is 0. The average Bonchev–Trinajstić information content (AvgIpc) is 2.98. The highest BCUT2D eigenvalue weighted by atomic mass is 16.5. The number of para-hydroxylation sites is 1. The summed E-state index contributed by atoms with van der Waals surface area (Å²) in [4.78, 5) is 0. The number of allylic oxidation sites excluding steroid dienone is 8. The SMILES string of the molecule is CC/C(C)=C/CC/C(C)=C/CC/C(C)=C/CC/C(C)=C/Cc1c(C)c(Oc2ccccc2)c2ccccc2c1OC. The van der Waals surface area contributed by atoms with Crippen LogP contribution >= 0.6 is 0 Å². The van der Waals surface area contributed by atoms with Crippen molar-refractivity contribution in [1.82, 2.24) is 0 Å². The maximum Gasteiger partial charge on any atom is 0.138 e. The predicted octanol–water partition coefficient (Wildman–Crippen LogP) is 12.0. The van der Waals surface area contributed by atoms with Gasteiger partial charge in [-0.3, -0.25) is 0 Å². The van der Waals surface area contributed by atoms with Crippen molar-refractivity contribution in [2.45, 2.75) is 92.9 Å². The Bertz CT molecular complexity index is 1390. The first-order chi connectivity index (χ1) is 19.8. The Balaban J connectivity index is 1.64. The first kappa shape index (κ1) is 32.0. The molecule has 0 aromatic heterocycles. The van der Waals surface area contributed by atoms with Gasteiger partial charge in [0.25, 0.3) is 0 Å². The number of hydrogen-bond acceptors (Lipinski definition) is 2. The number of benzene rings is 3. The smallest absolute Gasteiger partial charge is 0.138 e. The van der Waals surface area contributed by atoms with Crippen molar-refractivity contribution in [3.63, 3.8) is 0 Å². The van der Waals surface area contributed by atoms with E-state index in [2.05, 4.69) is 90.1 Å². The Hall–Kier alpha value is -3.52. The van der Waals surface area contributed by atoms with E-state index >= 15 is 0 Å². The Kier molecular flexibility index (Phi) is 13.0. The Morgan fingerprint density at radius 1 is 0.634 bits per heavy atom. The first-order valence-electron chi connectivity index (χ1n) is 15.3. The van der Waals surface area contributed by atoms with Gasteiger partial charge in [0.05, 0.1) is 7.11 Å². The van der Waals surface area contributed by atoms with Gasteiger partial charge >= 0.3 is 0 Å². The third-order valence-corrected chi connectivity index (χ3v) is 7.96. The minimum atomic E-state index is 0.816. The van der Waals surface area contributed by atoms with Crippen molar-refractivity contribution in [3.8, 4) is 17.2 Å². The largest absolute Gasteiger partial charge is 0.496 e. The van der Waals surface area contributed by atoms with Crippen LogP contribution in [0.5, 0.6) is 17.2 Å². The van der Waals surface area contributed by atoms with Crippen molar-refractivity contribution in [3.05, 3.63) is 112 Å². The lowest BCUT2D eigenvalue weighted by Crippen LogP contribution is -2.00. The van der Waals surface area contributed by atoms with E-state index in [-0.39, 0.29) is 0 Å². The third-order valence-electron chi connectivity index (χ3n) is 7.96. The molecule has 3 aromatic carbocycles. The molecule has 3 rings (SSSR count). The van der Waals surface area contributed by atoms with Crippen LogP contribution in [-0.4, -0.2) is 7.11 Å². The van der Waals surface area contributed by atoms with Gasteiger partial charge in [0.2, 0.25) is 0 Å². The standard InChI is InChI=1S/C39H50O2/c1-8-29(2)17-14-18-30(3)19-15-20-31(4)21-16-22-32(5)27-28-35-33(6)38(41-34-23-10-9-11-24-34)36-25-12-13-26-37(36)39(35)40-7/h9-13,17,19,21,23-27H,8,14-16,18,20,22,28H2,1-7H3/b29-17+,30-19+,31-21+,32-27+. The Morgan fingerprint density at radius 2 is 1.12 bits per heavy atom. The summed E-state index contributed by atoms with van der Waals surface area (Å²) in [6.45, 7) is 13.4. The van der Waals surface area contributed by atoms with E-state index in [1.807, 2.05) is 30.3 Å². The molecular formula is C39H50O2. The van der Waals surface area contributed by atoms with Gasteiger partial charge in [0.1, 0.15) is 17.2 Å². The van der Waals surface area contributed by atoms with E-state index in [4.69, 9.17) is 9.47 Å². The molecule has 0 saturated carbocycles. The van der Waals surface area contributed by atoms with Crippen LogP contribution in [0.4, 0.5) is 0 Å². The molecule has 0 spiro atoms. The van der Waals surface area contributed by atoms with Crippen molar-refractivity contribution in [2.24, 2.45) is 0 Å². The molecule has 0 heterocycles. The Labute approximate surface area is 249 Å². The molecule has 0 fully saturated rings. The van der Waals surface area contributed by atoms with Crippen LogP contribution in [0, 0.1) is 6.92 Å². The number of methoxy groups -OCH3 is 1. The second-order valence-electron chi connectivity index (χ2n) is 11.3. The van der Waals surface area contributed by atoms with Gasteiger partial charge in [-0.2, -0.15) is 0 Å². The highest BCUT2D eigenvalue weighted by Crippen LogP contribution is 2.42. The highest BCUT2D eigenvalue weighted by Gasteiger charge is 2.18. The molecule has 41 heavy (non-hydrogen) atoms. The molecule has 0 bridgehead atoms. The quantitative estimate of drug-likeness (QED) is 0.175. The summed E-state index contributed by atoms with van der Waals surface area (Å²) >= 11 is 0. The molecule has 3 aromatic rings. The van der Waals surface area contributed by atoms with E-state index in [1.165, 1.54) is 34.3 Å². The van der Waals surface area contributed by atoms with Crippen molar-refractivity contribution >= 4 is 10.8 Å². The zero-order valence-corrected chi connectivity index (χ0v) is 26.5. The van der Waals surface area contributed by atoms with Crippen LogP contribution < -0.4 is 9.47 Å². The van der Waals surface area contributed by atoms with Crippen molar-refractivity contribution in [1.29, 1.82) is 0 Å². The molecule has 0 aliphatic heterocycles. The molecule has 218 valence electrons. The molecule has 2 heteroatoms. The monoisotopic (exact) mass is 550 g/mol. The summed E-state index contributed by atoms with van der Waals surface area (Å²) in [5.41, 5.74) is 8.20. The van der Waals surface area contributed by atoms with E-state index in [9.17, 15) is 0 Å². The Morgan fingerprint density at radius 3 is 1.66 bits per heavy atom. The number of rotatable bonds is 15. The highest BCUT2D eigenvalue weighted by molar-refractivity contribution is 5.96. The van der Waals surface area contributed by atoms with E-state index in [1.54, 1.807) is 7.11 Å². The lowest BCUT2D eigenvalue weighted by Gasteiger charge is -2.19. The van der Waals surface area contributed by atoms with Gasteiger partial charge in [0.15, 0.2) is 0 Å². The molecule has 0 radical (unpaired) electrons. The second kappa shape index (κ2) is 16.7. The minimum absolute atomic E-state index is 0.816. The van der Waals surface area contributed by atoms with Gasteiger partial charge < -0.3 is 9.47 Å². The topological polar surface area (TPSA) is 18.5 Å². The second-order valence-corrected chi connectivity index (χ2v) is 11.3. The van der Waals surface area contributed by atoms with Crippen LogP contribution in [0.2, 0.25) is 0 Å². The fourth-order valence-electron chi connectivity index (χ4n) is 5.13. The van der Waals surface area contributed by atoms with Gasteiger partial charge in [-0.1, -0.05) is 96.0 Å². The summed E-state index contributed by atoms with van der Waals surface area (Å²) in [7, 11) is 1.77. The molecule has 2 nitrogen and oxygen atoms in total. The van der Waals surface area contributed by atoms with Crippen LogP contribution in [0.1, 0.15) is 90.7 Å². The number of ether oxygens (including phenoxy) is 2. The molecule has 0 atom stereocenters. The lowest BCUT2D eigenvalue weighted by atomic mass is 9.95. The maximum absolute atomic E-state index is 6.45. The fraction of sp³-hybridized carbons (Fsp3) is 0.385. The maximum atomic E-state index is 6.45. The molecule has 0 aliphatic carbocycles. The normalized spacial score (nSPS) is 13.1. The van der Waals surface area contributed by atoms with Gasteiger partial charge in [-0.25, -0.2) is 0 Å². The van der Waals surface area contributed by atoms with Crippen molar-refractivity contribution < 1.29 is 9.47 Å². The molecule has 0 amide bonds. The zero-order valence-electron chi connectivity index (χ0n) is 26.5. The van der Waals surface area contributed by atoms with Crippen LogP contribution in [0.25, 0.3) is 10.8 Å². The summed E-state index contributed by atoms with van der Waals surface area (Å²) < 4.78 is 12.4. The zero-order chi connectivity index (χ0) is 29.6. The first-order valence-corrected chi connectivity index (χ1v) is 15.3. The molecule has 0 N–H and O–H groups in total. The fourth-order valence-corrected chi connectivity index (χ4v) is 5.13. The molecule has 0 aliphatic rings. The van der Waals surface area contributed by atoms with Crippen LogP contribution in [-0.2, 0) is 6.42 Å².